The van der Waals surface area contributed by atoms with Crippen molar-refractivity contribution in [3.63, 3.8) is 0 Å². The van der Waals surface area contributed by atoms with Gasteiger partial charge in [-0.2, -0.15) is 0 Å². The Balaban J connectivity index is 2.25. The fourth-order valence-electron chi connectivity index (χ4n) is 1.48. The molecule has 0 saturated carbocycles. The topological polar surface area (TPSA) is 87.7 Å². The number of ether oxygens (including phenoxy) is 1. The van der Waals surface area contributed by atoms with Gasteiger partial charge in [-0.25, -0.2) is 4.79 Å². The number of benzene rings is 1. The van der Waals surface area contributed by atoms with Crippen molar-refractivity contribution in [2.45, 2.75) is 19.3 Å². The SMILES string of the molecule is COc1cccc(NC(=O)NCCCCC(=O)O)c1. The first-order valence-electron chi connectivity index (χ1n) is 6.02. The summed E-state index contributed by atoms with van der Waals surface area (Å²) in [4.78, 5) is 21.8. The van der Waals surface area contributed by atoms with Crippen LogP contribution in [0.5, 0.6) is 5.75 Å². The summed E-state index contributed by atoms with van der Waals surface area (Å²) in [6.07, 6.45) is 1.31. The maximum absolute atomic E-state index is 11.5. The average Bonchev–Trinajstić information content (AvgIpc) is 2.38. The van der Waals surface area contributed by atoms with Gasteiger partial charge in [-0.3, -0.25) is 4.79 Å². The Morgan fingerprint density at radius 2 is 2.11 bits per heavy atom. The van der Waals surface area contributed by atoms with Gasteiger partial charge in [0.15, 0.2) is 0 Å². The van der Waals surface area contributed by atoms with Crippen LogP contribution in [0.4, 0.5) is 10.5 Å². The number of carboxylic acids is 1. The summed E-state index contributed by atoms with van der Waals surface area (Å²) in [5.41, 5.74) is 0.641. The summed E-state index contributed by atoms with van der Waals surface area (Å²) < 4.78 is 5.04. The number of nitrogens with one attached hydrogen (secondary N) is 2. The minimum Gasteiger partial charge on any atom is -0.497 e. The Morgan fingerprint density at radius 3 is 2.79 bits per heavy atom. The molecule has 2 amide bonds. The molecule has 1 aromatic rings. The molecule has 0 bridgehead atoms. The molecule has 0 fully saturated rings. The predicted molar refractivity (Wildman–Crippen MR) is 71.5 cm³/mol. The molecule has 1 rings (SSSR count). The summed E-state index contributed by atoms with van der Waals surface area (Å²) in [6.45, 7) is 0.448. The van der Waals surface area contributed by atoms with E-state index in [0.717, 1.165) is 0 Å². The van der Waals surface area contributed by atoms with E-state index < -0.39 is 5.97 Å². The number of carbonyl (C=O) groups is 2. The van der Waals surface area contributed by atoms with Crippen molar-refractivity contribution in [2.75, 3.05) is 19.0 Å². The summed E-state index contributed by atoms with van der Waals surface area (Å²) in [5.74, 6) is -0.153. The van der Waals surface area contributed by atoms with Gasteiger partial charge >= 0.3 is 12.0 Å². The van der Waals surface area contributed by atoms with Crippen LogP contribution in [-0.2, 0) is 4.79 Å². The van der Waals surface area contributed by atoms with Crippen LogP contribution in [0, 0.1) is 0 Å². The first kappa shape index (κ1) is 14.8. The molecule has 0 atom stereocenters. The van der Waals surface area contributed by atoms with Crippen molar-refractivity contribution in [1.82, 2.24) is 5.32 Å². The van der Waals surface area contributed by atoms with Gasteiger partial charge in [0.2, 0.25) is 0 Å². The molecule has 6 heteroatoms. The zero-order valence-electron chi connectivity index (χ0n) is 10.8. The van der Waals surface area contributed by atoms with Gasteiger partial charge in [-0.1, -0.05) is 6.07 Å². The molecule has 0 spiro atoms. The van der Waals surface area contributed by atoms with E-state index in [0.29, 0.717) is 30.8 Å². The molecule has 3 N–H and O–H groups in total. The second-order valence-corrected chi connectivity index (χ2v) is 3.96. The standard InChI is InChI=1S/C13H18N2O4/c1-19-11-6-4-5-10(9-11)15-13(18)14-8-3-2-7-12(16)17/h4-6,9H,2-3,7-8H2,1H3,(H,16,17)(H2,14,15,18). The molecule has 0 saturated heterocycles. The number of rotatable bonds is 7. The maximum atomic E-state index is 11.5. The third-order valence-electron chi connectivity index (χ3n) is 2.43. The Bertz CT molecular complexity index is 434. The lowest BCUT2D eigenvalue weighted by molar-refractivity contribution is -0.137. The third-order valence-corrected chi connectivity index (χ3v) is 2.43. The lowest BCUT2D eigenvalue weighted by atomic mass is 10.2. The van der Waals surface area contributed by atoms with Gasteiger partial charge in [0.05, 0.1) is 7.11 Å². The number of unbranched alkanes of at least 4 members (excludes halogenated alkanes) is 1. The van der Waals surface area contributed by atoms with E-state index in [-0.39, 0.29) is 12.5 Å². The van der Waals surface area contributed by atoms with E-state index in [1.165, 1.54) is 0 Å². The highest BCUT2D eigenvalue weighted by atomic mass is 16.5. The number of aliphatic carboxylic acids is 1. The molecule has 6 nitrogen and oxygen atoms in total. The summed E-state index contributed by atoms with van der Waals surface area (Å²) in [5, 5.41) is 13.8. The number of urea groups is 1. The van der Waals surface area contributed by atoms with Crippen LogP contribution >= 0.6 is 0 Å². The number of methoxy groups -OCH3 is 1. The highest BCUT2D eigenvalue weighted by molar-refractivity contribution is 5.89. The van der Waals surface area contributed by atoms with Crippen LogP contribution in [-0.4, -0.2) is 30.8 Å². The van der Waals surface area contributed by atoms with Crippen molar-refractivity contribution in [3.05, 3.63) is 24.3 Å². The molecular formula is C13H18N2O4. The lowest BCUT2D eigenvalue weighted by Gasteiger charge is -2.08. The number of carbonyl (C=O) groups excluding carboxylic acids is 1. The van der Waals surface area contributed by atoms with Gasteiger partial charge in [0, 0.05) is 24.7 Å². The minimum absolute atomic E-state index is 0.124. The Hall–Kier alpha value is -2.24. The summed E-state index contributed by atoms with van der Waals surface area (Å²) >= 11 is 0. The molecule has 0 aromatic heterocycles. The fourth-order valence-corrected chi connectivity index (χ4v) is 1.48. The first-order valence-corrected chi connectivity index (χ1v) is 6.02. The Morgan fingerprint density at radius 1 is 1.32 bits per heavy atom. The van der Waals surface area contributed by atoms with E-state index in [9.17, 15) is 9.59 Å². The largest absolute Gasteiger partial charge is 0.497 e. The lowest BCUT2D eigenvalue weighted by Crippen LogP contribution is -2.29. The van der Waals surface area contributed by atoms with E-state index in [1.807, 2.05) is 0 Å². The molecule has 1 aromatic carbocycles. The van der Waals surface area contributed by atoms with Crippen LogP contribution in [0.15, 0.2) is 24.3 Å². The molecule has 0 heterocycles. The minimum atomic E-state index is -0.819. The van der Waals surface area contributed by atoms with Gasteiger partial charge in [-0.05, 0) is 25.0 Å². The quantitative estimate of drug-likeness (QED) is 0.659. The van der Waals surface area contributed by atoms with Crippen molar-refractivity contribution >= 4 is 17.7 Å². The third kappa shape index (κ3) is 6.30. The molecule has 0 aliphatic carbocycles. The normalized spacial score (nSPS) is 9.74. The second-order valence-electron chi connectivity index (χ2n) is 3.96. The molecule has 0 aliphatic rings. The van der Waals surface area contributed by atoms with Crippen molar-refractivity contribution in [1.29, 1.82) is 0 Å². The van der Waals surface area contributed by atoms with E-state index in [1.54, 1.807) is 31.4 Å². The zero-order valence-corrected chi connectivity index (χ0v) is 10.8. The highest BCUT2D eigenvalue weighted by Gasteiger charge is 2.02. The summed E-state index contributed by atoms with van der Waals surface area (Å²) in [6, 6.07) is 6.72. The van der Waals surface area contributed by atoms with Gasteiger partial charge in [0.1, 0.15) is 5.75 Å². The summed E-state index contributed by atoms with van der Waals surface area (Å²) in [7, 11) is 1.56. The number of hydrogen-bond acceptors (Lipinski definition) is 3. The number of anilines is 1. The van der Waals surface area contributed by atoms with Crippen molar-refractivity contribution < 1.29 is 19.4 Å². The molecule has 0 unspecified atom stereocenters. The van der Waals surface area contributed by atoms with Crippen molar-refractivity contribution in [2.24, 2.45) is 0 Å². The van der Waals surface area contributed by atoms with E-state index in [4.69, 9.17) is 9.84 Å². The molecule has 0 radical (unpaired) electrons. The second kappa shape index (κ2) is 7.97. The first-order chi connectivity index (χ1) is 9.11. The zero-order chi connectivity index (χ0) is 14.1. The van der Waals surface area contributed by atoms with Crippen LogP contribution in [0.3, 0.4) is 0 Å². The number of hydrogen-bond donors (Lipinski definition) is 3. The fraction of sp³-hybridized carbons (Fsp3) is 0.385. The highest BCUT2D eigenvalue weighted by Crippen LogP contribution is 2.16. The average molecular weight is 266 g/mol. The predicted octanol–water partition coefficient (Wildman–Crippen LogP) is 2.07. The maximum Gasteiger partial charge on any atom is 0.319 e. The Labute approximate surface area is 111 Å². The molecule has 19 heavy (non-hydrogen) atoms. The molecule has 0 aliphatic heterocycles. The monoisotopic (exact) mass is 266 g/mol. The van der Waals surface area contributed by atoms with Gasteiger partial charge in [0.25, 0.3) is 0 Å². The molecular weight excluding hydrogens is 248 g/mol. The van der Waals surface area contributed by atoms with Crippen LogP contribution < -0.4 is 15.4 Å². The van der Waals surface area contributed by atoms with Crippen molar-refractivity contribution in [3.8, 4) is 5.75 Å². The van der Waals surface area contributed by atoms with Crippen LogP contribution in [0.25, 0.3) is 0 Å². The number of carboxylic acid groups (broad SMARTS) is 1. The van der Waals surface area contributed by atoms with E-state index in [2.05, 4.69) is 10.6 Å². The van der Waals surface area contributed by atoms with Gasteiger partial charge < -0.3 is 20.5 Å². The van der Waals surface area contributed by atoms with Crippen LogP contribution in [0.2, 0.25) is 0 Å². The van der Waals surface area contributed by atoms with Crippen LogP contribution in [0.1, 0.15) is 19.3 Å². The number of amides is 2. The Kier molecular flexibility index (Phi) is 6.21. The smallest absolute Gasteiger partial charge is 0.319 e. The van der Waals surface area contributed by atoms with E-state index >= 15 is 0 Å². The van der Waals surface area contributed by atoms with Gasteiger partial charge in [-0.15, -0.1) is 0 Å². The molecule has 104 valence electrons.